The van der Waals surface area contributed by atoms with Gasteiger partial charge in [0.2, 0.25) is 8.27 Å². The summed E-state index contributed by atoms with van der Waals surface area (Å²) >= 11 is 2.39. The molecule has 0 atom stereocenters. The first-order valence-corrected chi connectivity index (χ1v) is 5.54. The molecule has 2 nitrogen and oxygen atoms in total. The normalized spacial score (nSPS) is 11.8. The third-order valence-corrected chi connectivity index (χ3v) is 2.27. The van der Waals surface area contributed by atoms with E-state index in [-0.39, 0.29) is 12.2 Å². The van der Waals surface area contributed by atoms with Gasteiger partial charge < -0.3 is 0 Å². The molecular formula is C3H6BrFO2S. The lowest BCUT2D eigenvalue weighted by atomic mass is 10.6. The van der Waals surface area contributed by atoms with Crippen molar-refractivity contribution in [1.82, 2.24) is 0 Å². The molecule has 8 heavy (non-hydrogen) atoms. The molecule has 0 heterocycles. The Labute approximate surface area is 55.2 Å². The van der Waals surface area contributed by atoms with E-state index >= 15 is 0 Å². The average molecular weight is 205 g/mol. The lowest BCUT2D eigenvalue weighted by Crippen LogP contribution is -1.96. The number of rotatable bonds is 3. The van der Waals surface area contributed by atoms with E-state index in [9.17, 15) is 12.8 Å². The Morgan fingerprint density at radius 3 is 2.12 bits per heavy atom. The van der Waals surface area contributed by atoms with E-state index in [4.69, 9.17) is 0 Å². The Hall–Kier alpha value is 0.360. The number of halogens is 2. The van der Waals surface area contributed by atoms with Gasteiger partial charge in [-0.2, -0.15) is 0 Å². The van der Waals surface area contributed by atoms with Gasteiger partial charge in [-0.15, -0.1) is 0 Å². The fraction of sp³-hybridized carbons (Fsp3) is 1.00. The van der Waals surface area contributed by atoms with Gasteiger partial charge in [0.05, 0.1) is 27.2 Å². The Morgan fingerprint density at radius 1 is 1.50 bits per heavy atom. The minimum atomic E-state index is -3.11. The Bertz CT molecular complexity index is 141. The van der Waals surface area contributed by atoms with Crippen molar-refractivity contribution >= 4 is 23.1 Å². The van der Waals surface area contributed by atoms with E-state index < -0.39 is 14.9 Å². The molecule has 0 aromatic rings. The predicted octanol–water partition coefficient (Wildman–Crippen LogP) is 1.07. The van der Waals surface area contributed by atoms with Crippen molar-refractivity contribution in [3.8, 4) is 0 Å². The molecule has 0 fully saturated rings. The third-order valence-electron chi connectivity index (χ3n) is 0.522. The zero-order valence-electron chi connectivity index (χ0n) is 4.10. The average Bonchev–Trinajstić information content (AvgIpc) is 1.59. The summed E-state index contributed by atoms with van der Waals surface area (Å²) in [6, 6.07) is 0. The Morgan fingerprint density at radius 2 is 2.00 bits per heavy atom. The molecule has 0 aliphatic carbocycles. The van der Waals surface area contributed by atoms with Crippen LogP contribution in [0.3, 0.4) is 0 Å². The zero-order valence-corrected chi connectivity index (χ0v) is 6.50. The highest BCUT2D eigenvalue weighted by Gasteiger charge is 2.01. The molecule has 0 spiro atoms. The third kappa shape index (κ3) is 6.36. The SMILES string of the molecule is O=S(=O)(Br)CCCF. The summed E-state index contributed by atoms with van der Waals surface area (Å²) in [4.78, 5) is 0. The zero-order chi connectivity index (χ0) is 6.62. The lowest BCUT2D eigenvalue weighted by Gasteiger charge is -1.87. The molecule has 0 amide bonds. The first-order chi connectivity index (χ1) is 3.56. The maximum Gasteiger partial charge on any atom is 0.209 e. The van der Waals surface area contributed by atoms with Crippen molar-refractivity contribution in [2.45, 2.75) is 6.42 Å². The predicted molar refractivity (Wildman–Crippen MR) is 33.3 cm³/mol. The van der Waals surface area contributed by atoms with Crippen molar-refractivity contribution in [2.24, 2.45) is 0 Å². The number of alkyl halides is 1. The molecular weight excluding hydrogens is 199 g/mol. The summed E-state index contributed by atoms with van der Waals surface area (Å²) < 4.78 is 31.5. The van der Waals surface area contributed by atoms with Crippen molar-refractivity contribution in [1.29, 1.82) is 0 Å². The van der Waals surface area contributed by atoms with Crippen molar-refractivity contribution in [3.05, 3.63) is 0 Å². The van der Waals surface area contributed by atoms with Crippen LogP contribution in [0.5, 0.6) is 0 Å². The van der Waals surface area contributed by atoms with Crippen LogP contribution >= 0.6 is 14.8 Å². The van der Waals surface area contributed by atoms with Crippen LogP contribution in [0.2, 0.25) is 0 Å². The van der Waals surface area contributed by atoms with Gasteiger partial charge in [0.15, 0.2) is 0 Å². The largest absolute Gasteiger partial charge is 0.251 e. The molecule has 0 aromatic carbocycles. The van der Waals surface area contributed by atoms with Gasteiger partial charge in [0, 0.05) is 0 Å². The van der Waals surface area contributed by atoms with Crippen LogP contribution in [0, 0.1) is 0 Å². The van der Waals surface area contributed by atoms with Crippen LogP contribution in [0.1, 0.15) is 6.42 Å². The molecule has 0 saturated heterocycles. The van der Waals surface area contributed by atoms with Gasteiger partial charge in [0.1, 0.15) is 0 Å². The Balaban J connectivity index is 3.42. The summed E-state index contributed by atoms with van der Waals surface area (Å²) in [5.41, 5.74) is 0. The first-order valence-electron chi connectivity index (χ1n) is 2.04. The van der Waals surface area contributed by atoms with Crippen LogP contribution in [0.25, 0.3) is 0 Å². The summed E-state index contributed by atoms with van der Waals surface area (Å²) in [7, 11) is -3.11. The van der Waals surface area contributed by atoms with Gasteiger partial charge in [-0.25, -0.2) is 8.42 Å². The van der Waals surface area contributed by atoms with Crippen LogP contribution < -0.4 is 0 Å². The van der Waals surface area contributed by atoms with Gasteiger partial charge in [-0.1, -0.05) is 0 Å². The maximum atomic E-state index is 11.2. The van der Waals surface area contributed by atoms with Gasteiger partial charge in [0.25, 0.3) is 0 Å². The standard InChI is InChI=1S/C3H6BrFO2S/c4-8(6,7)3-1-2-5/h1-3H2. The van der Waals surface area contributed by atoms with Crippen LogP contribution in [0.4, 0.5) is 4.39 Å². The Kier molecular flexibility index (Phi) is 3.55. The quantitative estimate of drug-likeness (QED) is 0.646. The monoisotopic (exact) mass is 204 g/mol. The fourth-order valence-electron chi connectivity index (χ4n) is 0.227. The molecule has 0 N–H and O–H groups in total. The van der Waals surface area contributed by atoms with E-state index in [1.54, 1.807) is 0 Å². The molecule has 0 radical (unpaired) electrons. The highest BCUT2D eigenvalue weighted by Crippen LogP contribution is 2.01. The van der Waals surface area contributed by atoms with E-state index in [1.165, 1.54) is 0 Å². The fourth-order valence-corrected chi connectivity index (χ4v) is 1.37. The summed E-state index contributed by atoms with van der Waals surface area (Å²) in [6.07, 6.45) is 0.0770. The van der Waals surface area contributed by atoms with Gasteiger partial charge >= 0.3 is 0 Å². The molecule has 0 rings (SSSR count). The second-order valence-electron chi connectivity index (χ2n) is 1.29. The van der Waals surface area contributed by atoms with Crippen molar-refractivity contribution < 1.29 is 12.8 Å². The van der Waals surface area contributed by atoms with Crippen LogP contribution in [-0.4, -0.2) is 20.8 Å². The molecule has 50 valence electrons. The molecule has 0 unspecified atom stereocenters. The highest BCUT2D eigenvalue weighted by atomic mass is 79.9. The second kappa shape index (κ2) is 3.40. The minimum absolute atomic E-state index is 0.0770. The molecule has 0 saturated carbocycles. The van der Waals surface area contributed by atoms with E-state index in [0.29, 0.717) is 0 Å². The van der Waals surface area contributed by atoms with Gasteiger partial charge in [-0.05, 0) is 6.42 Å². The van der Waals surface area contributed by atoms with Crippen LogP contribution in [-0.2, 0) is 8.27 Å². The smallest absolute Gasteiger partial charge is 0.209 e. The lowest BCUT2D eigenvalue weighted by molar-refractivity contribution is 0.485. The molecule has 0 aliphatic rings. The summed E-state index contributed by atoms with van der Waals surface area (Å²) in [5, 5.41) is 0. The minimum Gasteiger partial charge on any atom is -0.251 e. The van der Waals surface area contributed by atoms with Crippen molar-refractivity contribution in [3.63, 3.8) is 0 Å². The maximum absolute atomic E-state index is 11.2. The molecule has 0 aliphatic heterocycles. The second-order valence-corrected chi connectivity index (χ2v) is 5.73. The summed E-state index contributed by atoms with van der Waals surface area (Å²) in [6.45, 7) is -0.579. The topological polar surface area (TPSA) is 34.1 Å². The molecule has 0 bridgehead atoms. The summed E-state index contributed by atoms with van der Waals surface area (Å²) in [5.74, 6) is -0.122. The van der Waals surface area contributed by atoms with Gasteiger partial charge in [-0.3, -0.25) is 4.39 Å². The molecule has 5 heteroatoms. The van der Waals surface area contributed by atoms with E-state index in [0.717, 1.165) is 0 Å². The van der Waals surface area contributed by atoms with Crippen molar-refractivity contribution in [2.75, 3.05) is 12.4 Å². The highest BCUT2D eigenvalue weighted by molar-refractivity contribution is 9.47. The number of hydrogen-bond acceptors (Lipinski definition) is 2. The van der Waals surface area contributed by atoms with Crippen LogP contribution in [0.15, 0.2) is 0 Å². The molecule has 0 aromatic heterocycles. The van der Waals surface area contributed by atoms with E-state index in [1.807, 2.05) is 0 Å². The first kappa shape index (κ1) is 8.36. The number of hydrogen-bond donors (Lipinski definition) is 0. The van der Waals surface area contributed by atoms with E-state index in [2.05, 4.69) is 14.8 Å².